The van der Waals surface area contributed by atoms with Crippen molar-refractivity contribution in [3.8, 4) is 27.9 Å². The molecule has 1 aromatic heterocycles. The SMILES string of the molecule is CC1(C)C2=C(CCC=C2)c2ccc(-c3ccc(-c4ccc5c(c4)c4ccccc4n5-c4ccc(CN)cc4)cc3)cc21. The van der Waals surface area contributed by atoms with Gasteiger partial charge in [-0.05, 0) is 99.3 Å². The molecule has 0 radical (unpaired) electrons. The van der Waals surface area contributed by atoms with Crippen molar-refractivity contribution in [2.75, 3.05) is 0 Å². The fourth-order valence-electron chi connectivity index (χ4n) is 7.25. The summed E-state index contributed by atoms with van der Waals surface area (Å²) in [6, 6.07) is 40.3. The third-order valence-corrected chi connectivity index (χ3v) is 9.52. The molecule has 1 heterocycles. The average molecular weight is 543 g/mol. The first-order valence-electron chi connectivity index (χ1n) is 15.0. The molecule has 2 aliphatic rings. The summed E-state index contributed by atoms with van der Waals surface area (Å²) in [4.78, 5) is 0. The van der Waals surface area contributed by atoms with Crippen molar-refractivity contribution in [2.24, 2.45) is 5.73 Å². The van der Waals surface area contributed by atoms with Crippen LogP contribution in [-0.4, -0.2) is 4.57 Å². The van der Waals surface area contributed by atoms with Gasteiger partial charge in [-0.15, -0.1) is 0 Å². The summed E-state index contributed by atoms with van der Waals surface area (Å²) in [6.07, 6.45) is 6.99. The second-order valence-corrected chi connectivity index (χ2v) is 12.3. The normalized spacial score (nSPS) is 15.4. The maximum Gasteiger partial charge on any atom is 0.0541 e. The molecular formula is C40H34N2. The highest BCUT2D eigenvalue weighted by Gasteiger charge is 2.37. The number of nitrogens with two attached hydrogens (primary N) is 1. The van der Waals surface area contributed by atoms with Crippen LogP contribution < -0.4 is 5.73 Å². The molecular weight excluding hydrogens is 508 g/mol. The van der Waals surface area contributed by atoms with Crippen molar-refractivity contribution in [1.29, 1.82) is 0 Å². The Labute approximate surface area is 247 Å². The van der Waals surface area contributed by atoms with Crippen molar-refractivity contribution in [3.05, 3.63) is 144 Å². The molecule has 5 aromatic carbocycles. The third kappa shape index (κ3) is 3.76. The van der Waals surface area contributed by atoms with Crippen LogP contribution in [-0.2, 0) is 12.0 Å². The first kappa shape index (κ1) is 25.1. The van der Waals surface area contributed by atoms with Gasteiger partial charge in [0, 0.05) is 28.4 Å². The van der Waals surface area contributed by atoms with Crippen LogP contribution in [0.15, 0.2) is 127 Å². The number of hydrogen-bond donors (Lipinski definition) is 1. The van der Waals surface area contributed by atoms with Crippen molar-refractivity contribution >= 4 is 27.4 Å². The van der Waals surface area contributed by atoms with Crippen molar-refractivity contribution < 1.29 is 0 Å². The van der Waals surface area contributed by atoms with Crippen LogP contribution >= 0.6 is 0 Å². The van der Waals surface area contributed by atoms with E-state index in [0.717, 1.165) is 24.1 Å². The number of benzene rings is 5. The quantitative estimate of drug-likeness (QED) is 0.236. The molecule has 0 saturated heterocycles. The van der Waals surface area contributed by atoms with Gasteiger partial charge in [0.05, 0.1) is 11.0 Å². The predicted octanol–water partition coefficient (Wildman–Crippen LogP) is 9.97. The number of para-hydroxylation sites is 1. The van der Waals surface area contributed by atoms with E-state index in [2.05, 4.69) is 140 Å². The van der Waals surface area contributed by atoms with E-state index in [1.165, 1.54) is 60.8 Å². The molecule has 8 rings (SSSR count). The predicted molar refractivity (Wildman–Crippen MR) is 178 cm³/mol. The van der Waals surface area contributed by atoms with Crippen LogP contribution in [0.2, 0.25) is 0 Å². The van der Waals surface area contributed by atoms with Crippen LogP contribution in [0.3, 0.4) is 0 Å². The molecule has 0 fully saturated rings. The van der Waals surface area contributed by atoms with Crippen LogP contribution in [0.1, 0.15) is 43.4 Å². The number of nitrogens with zero attached hydrogens (tertiary/aromatic N) is 1. The molecule has 0 unspecified atom stereocenters. The second kappa shape index (κ2) is 9.44. The Kier molecular flexibility index (Phi) is 5.64. The molecule has 2 aliphatic carbocycles. The summed E-state index contributed by atoms with van der Waals surface area (Å²) < 4.78 is 2.36. The lowest BCUT2D eigenvalue weighted by Crippen LogP contribution is -2.16. The molecule has 0 spiro atoms. The molecule has 204 valence electrons. The largest absolute Gasteiger partial charge is 0.326 e. The summed E-state index contributed by atoms with van der Waals surface area (Å²) in [5.74, 6) is 0. The summed E-state index contributed by atoms with van der Waals surface area (Å²) >= 11 is 0. The van der Waals surface area contributed by atoms with Crippen molar-refractivity contribution in [3.63, 3.8) is 0 Å². The van der Waals surface area contributed by atoms with Gasteiger partial charge in [0.25, 0.3) is 0 Å². The van der Waals surface area contributed by atoms with E-state index in [0.29, 0.717) is 6.54 Å². The maximum atomic E-state index is 5.86. The molecule has 2 heteroatoms. The van der Waals surface area contributed by atoms with Gasteiger partial charge in [0.15, 0.2) is 0 Å². The van der Waals surface area contributed by atoms with Crippen molar-refractivity contribution in [1.82, 2.24) is 4.57 Å². The van der Waals surface area contributed by atoms with E-state index in [-0.39, 0.29) is 5.41 Å². The molecule has 0 saturated carbocycles. The monoisotopic (exact) mass is 542 g/mol. The maximum absolute atomic E-state index is 5.86. The Hall–Kier alpha value is -4.66. The second-order valence-electron chi connectivity index (χ2n) is 12.3. The standard InChI is InChI=1S/C40H34N2/c1-40(2)36-9-5-3-7-32(36)33-21-17-30(24-37(33)40)28-15-13-27(14-16-28)29-18-22-39-35(23-29)34-8-4-6-10-38(34)42(39)31-19-11-26(25-41)12-20-31/h4-6,8-24H,3,7,25,41H2,1-2H3. The Morgan fingerprint density at radius 1 is 0.690 bits per heavy atom. The van der Waals surface area contributed by atoms with Crippen LogP contribution in [0, 0.1) is 0 Å². The van der Waals surface area contributed by atoms with E-state index in [9.17, 15) is 0 Å². The van der Waals surface area contributed by atoms with Gasteiger partial charge >= 0.3 is 0 Å². The highest BCUT2D eigenvalue weighted by molar-refractivity contribution is 6.10. The average Bonchev–Trinajstić information content (AvgIpc) is 3.49. The van der Waals surface area contributed by atoms with E-state index >= 15 is 0 Å². The fourth-order valence-corrected chi connectivity index (χ4v) is 7.25. The molecule has 0 aliphatic heterocycles. The smallest absolute Gasteiger partial charge is 0.0541 e. The van der Waals surface area contributed by atoms with Crippen LogP contribution in [0.4, 0.5) is 0 Å². The Morgan fingerprint density at radius 3 is 2.12 bits per heavy atom. The summed E-state index contributed by atoms with van der Waals surface area (Å²) in [5, 5.41) is 2.53. The zero-order valence-electron chi connectivity index (χ0n) is 24.2. The zero-order chi connectivity index (χ0) is 28.4. The first-order valence-corrected chi connectivity index (χ1v) is 15.0. The Balaban J connectivity index is 1.16. The molecule has 0 bridgehead atoms. The molecule has 6 aromatic rings. The van der Waals surface area contributed by atoms with E-state index in [1.54, 1.807) is 5.57 Å². The fraction of sp³-hybridized carbons (Fsp3) is 0.150. The Morgan fingerprint density at radius 2 is 1.36 bits per heavy atom. The number of fused-ring (bicyclic) bond motifs is 5. The molecule has 0 atom stereocenters. The summed E-state index contributed by atoms with van der Waals surface area (Å²) in [6.45, 7) is 5.30. The lowest BCUT2D eigenvalue weighted by Gasteiger charge is -2.24. The molecule has 2 nitrogen and oxygen atoms in total. The number of hydrogen-bond acceptors (Lipinski definition) is 1. The summed E-state index contributed by atoms with van der Waals surface area (Å²) in [5.41, 5.74) is 21.6. The minimum absolute atomic E-state index is 0.0542. The van der Waals surface area contributed by atoms with E-state index in [1.807, 2.05) is 0 Å². The lowest BCUT2D eigenvalue weighted by molar-refractivity contribution is 0.651. The zero-order valence-corrected chi connectivity index (χ0v) is 24.2. The highest BCUT2D eigenvalue weighted by Crippen LogP contribution is 2.50. The molecule has 42 heavy (non-hydrogen) atoms. The van der Waals surface area contributed by atoms with Crippen LogP contribution in [0.5, 0.6) is 0 Å². The lowest BCUT2D eigenvalue weighted by atomic mass is 9.79. The van der Waals surface area contributed by atoms with E-state index in [4.69, 9.17) is 5.73 Å². The van der Waals surface area contributed by atoms with Gasteiger partial charge in [0.2, 0.25) is 0 Å². The van der Waals surface area contributed by atoms with Crippen LogP contribution in [0.25, 0.3) is 55.3 Å². The highest BCUT2D eigenvalue weighted by atomic mass is 15.0. The van der Waals surface area contributed by atoms with Gasteiger partial charge in [-0.3, -0.25) is 0 Å². The topological polar surface area (TPSA) is 30.9 Å². The Bertz CT molecular complexity index is 2070. The molecule has 2 N–H and O–H groups in total. The number of allylic oxidation sites excluding steroid dienone is 4. The van der Waals surface area contributed by atoms with Gasteiger partial charge in [-0.1, -0.05) is 98.8 Å². The van der Waals surface area contributed by atoms with Crippen molar-refractivity contribution in [2.45, 2.75) is 38.6 Å². The van der Waals surface area contributed by atoms with E-state index < -0.39 is 0 Å². The minimum Gasteiger partial charge on any atom is -0.326 e. The number of rotatable bonds is 4. The summed E-state index contributed by atoms with van der Waals surface area (Å²) in [7, 11) is 0. The van der Waals surface area contributed by atoms with Gasteiger partial charge in [-0.2, -0.15) is 0 Å². The molecule has 0 amide bonds. The number of aromatic nitrogens is 1. The van der Waals surface area contributed by atoms with Gasteiger partial charge < -0.3 is 10.3 Å². The first-order chi connectivity index (χ1) is 20.5. The van der Waals surface area contributed by atoms with Gasteiger partial charge in [0.1, 0.15) is 0 Å². The minimum atomic E-state index is 0.0542. The van der Waals surface area contributed by atoms with Gasteiger partial charge in [-0.25, -0.2) is 0 Å². The third-order valence-electron chi connectivity index (χ3n) is 9.52.